The minimum atomic E-state index is 0. The zero-order chi connectivity index (χ0) is 25.9. The third kappa shape index (κ3) is 29.2. The fraction of sp³-hybridized carbons (Fsp3) is 0.929. The molecule has 6 nitrogen and oxygen atoms in total. The Morgan fingerprint density at radius 2 is 0.743 bits per heavy atom. The van der Waals surface area contributed by atoms with Crippen LogP contribution in [0.3, 0.4) is 0 Å². The van der Waals surface area contributed by atoms with Crippen molar-refractivity contribution in [2.75, 3.05) is 55.4 Å². The predicted octanol–water partition coefficient (Wildman–Crippen LogP) is 8.09. The molecule has 0 fully saturated rings. The Balaban J connectivity index is -0.000000569. The second-order valence-corrected chi connectivity index (χ2v) is 9.55. The van der Waals surface area contributed by atoms with Crippen molar-refractivity contribution in [1.29, 1.82) is 0 Å². The Bertz CT molecular complexity index is 424. The molecule has 0 aliphatic rings. The van der Waals surface area contributed by atoms with Crippen LogP contribution in [0.4, 0.5) is 0 Å². The summed E-state index contributed by atoms with van der Waals surface area (Å²) in [6, 6.07) is 0. The van der Waals surface area contributed by atoms with Crippen molar-refractivity contribution in [3.63, 3.8) is 0 Å². The van der Waals surface area contributed by atoms with Crippen LogP contribution in [0.2, 0.25) is 0 Å². The molecule has 0 spiro atoms. The van der Waals surface area contributed by atoms with Gasteiger partial charge in [0, 0.05) is 11.9 Å². The Morgan fingerprint density at radius 1 is 0.486 bits per heavy atom. The number of hydrogen-bond donors (Lipinski definition) is 0. The van der Waals surface area contributed by atoms with Crippen molar-refractivity contribution < 1.29 is 17.1 Å². The van der Waals surface area contributed by atoms with Gasteiger partial charge in [0.1, 0.15) is 0 Å². The maximum atomic E-state index is 4.46. The van der Waals surface area contributed by atoms with Crippen LogP contribution in [0.5, 0.6) is 0 Å². The molecule has 0 bridgehead atoms. The Hall–Kier alpha value is -0.941. The summed E-state index contributed by atoms with van der Waals surface area (Å²) in [5, 5.41) is 8.93. The second kappa shape index (κ2) is 31.1. The zero-order valence-electron chi connectivity index (χ0n) is 24.8. The zero-order valence-corrected chi connectivity index (χ0v) is 26.0. The molecule has 7 heteroatoms. The van der Waals surface area contributed by atoms with Crippen LogP contribution in [0.15, 0.2) is 9.98 Å². The van der Waals surface area contributed by atoms with E-state index in [-0.39, 0.29) is 17.1 Å². The standard InChI is InChI=1S/2C14H30N3.Mn/c2*1-5-6-7-8-9-10-11-12-13-16-14(15-2)17(3)4;/h2*5-13H2,1-4H3;/q2*-1;+2. The summed E-state index contributed by atoms with van der Waals surface area (Å²) < 4.78 is 0. The first-order valence-electron chi connectivity index (χ1n) is 14.1. The molecule has 35 heavy (non-hydrogen) atoms. The van der Waals surface area contributed by atoms with Crippen molar-refractivity contribution >= 4 is 11.9 Å². The summed E-state index contributed by atoms with van der Waals surface area (Å²) in [4.78, 5) is 12.2. The van der Waals surface area contributed by atoms with Crippen molar-refractivity contribution in [3.05, 3.63) is 10.6 Å². The average Bonchev–Trinajstić information content (AvgIpc) is 2.81. The largest absolute Gasteiger partial charge is 2.00 e. The molecule has 0 aromatic carbocycles. The van der Waals surface area contributed by atoms with Crippen molar-refractivity contribution in [2.45, 2.75) is 117 Å². The van der Waals surface area contributed by atoms with E-state index in [9.17, 15) is 0 Å². The van der Waals surface area contributed by atoms with Gasteiger partial charge >= 0.3 is 17.1 Å². The first-order valence-corrected chi connectivity index (χ1v) is 14.1. The molecule has 0 aliphatic carbocycles. The number of nitrogens with zero attached hydrogens (tertiary/aromatic N) is 6. The van der Waals surface area contributed by atoms with Gasteiger partial charge in [0.15, 0.2) is 0 Å². The van der Waals surface area contributed by atoms with Gasteiger partial charge in [0.2, 0.25) is 0 Å². The maximum absolute atomic E-state index is 4.46. The topological polar surface area (TPSA) is 59.4 Å². The molecule has 0 rings (SSSR count). The Kier molecular flexibility index (Phi) is 34.3. The SMILES string of the molecule is CCCCCCCCCC[N-]C(=NC)N(C)C.CCCCCCCCCC[N-]C(=NC)N(C)C.[Mn+2]. The normalized spacial score (nSPS) is 11.3. The van der Waals surface area contributed by atoms with Crippen molar-refractivity contribution in [1.82, 2.24) is 9.80 Å². The van der Waals surface area contributed by atoms with Crippen LogP contribution in [0.25, 0.3) is 10.6 Å². The van der Waals surface area contributed by atoms with Crippen LogP contribution in [-0.2, 0) is 17.1 Å². The molecular weight excluding hydrogens is 475 g/mol. The van der Waals surface area contributed by atoms with Crippen LogP contribution < -0.4 is 0 Å². The van der Waals surface area contributed by atoms with E-state index in [1.807, 2.05) is 38.0 Å². The van der Waals surface area contributed by atoms with Gasteiger partial charge in [-0.05, 0) is 68.2 Å². The molecular formula is C28H60MnN6. The van der Waals surface area contributed by atoms with E-state index in [0.29, 0.717) is 0 Å². The summed E-state index contributed by atoms with van der Waals surface area (Å²) >= 11 is 0. The fourth-order valence-corrected chi connectivity index (χ4v) is 3.67. The van der Waals surface area contributed by atoms with Crippen molar-refractivity contribution in [3.8, 4) is 0 Å². The number of unbranched alkanes of at least 4 members (excludes halogenated alkanes) is 14. The van der Waals surface area contributed by atoms with E-state index < -0.39 is 0 Å². The van der Waals surface area contributed by atoms with Gasteiger partial charge in [-0.3, -0.25) is 0 Å². The third-order valence-corrected chi connectivity index (χ3v) is 5.73. The van der Waals surface area contributed by atoms with E-state index in [1.54, 1.807) is 14.1 Å². The molecule has 0 amide bonds. The molecule has 0 saturated heterocycles. The molecule has 0 aromatic heterocycles. The monoisotopic (exact) mass is 535 g/mol. The van der Waals surface area contributed by atoms with Crippen LogP contribution in [-0.4, -0.2) is 77.1 Å². The first-order chi connectivity index (χ1) is 16.4. The summed E-state index contributed by atoms with van der Waals surface area (Å²) in [6.07, 6.45) is 21.6. The van der Waals surface area contributed by atoms with E-state index in [1.165, 1.54) is 103 Å². The number of aliphatic imine (C=N–C) groups is 2. The van der Waals surface area contributed by atoms with Gasteiger partial charge in [-0.25, -0.2) is 0 Å². The Morgan fingerprint density at radius 3 is 0.971 bits per heavy atom. The van der Waals surface area contributed by atoms with Gasteiger partial charge in [0.05, 0.1) is 0 Å². The molecule has 209 valence electrons. The molecule has 0 aliphatic heterocycles. The maximum Gasteiger partial charge on any atom is 2.00 e. The first kappa shape index (κ1) is 38.6. The van der Waals surface area contributed by atoms with Gasteiger partial charge in [-0.1, -0.05) is 104 Å². The minimum Gasteiger partial charge on any atom is -0.432 e. The Labute approximate surface area is 231 Å². The van der Waals surface area contributed by atoms with Crippen LogP contribution in [0.1, 0.15) is 117 Å². The minimum absolute atomic E-state index is 0. The second-order valence-electron chi connectivity index (χ2n) is 9.55. The van der Waals surface area contributed by atoms with E-state index in [2.05, 4.69) is 34.5 Å². The molecule has 0 N–H and O–H groups in total. The number of guanidine groups is 2. The van der Waals surface area contributed by atoms with Gasteiger partial charge in [-0.2, -0.15) is 0 Å². The van der Waals surface area contributed by atoms with Crippen molar-refractivity contribution in [2.24, 2.45) is 9.98 Å². The number of rotatable bonds is 18. The van der Waals surface area contributed by atoms with Crippen LogP contribution in [0, 0.1) is 0 Å². The van der Waals surface area contributed by atoms with E-state index in [0.717, 1.165) is 25.0 Å². The quantitative estimate of drug-likeness (QED) is 0.0770. The molecule has 1 radical (unpaired) electrons. The third-order valence-electron chi connectivity index (χ3n) is 5.73. The summed E-state index contributed by atoms with van der Waals surface area (Å²) in [5.74, 6) is 1.71. The van der Waals surface area contributed by atoms with Gasteiger partial charge in [0.25, 0.3) is 0 Å². The summed E-state index contributed by atoms with van der Waals surface area (Å²) in [5.41, 5.74) is 0. The summed E-state index contributed by atoms with van der Waals surface area (Å²) in [6.45, 7) is 6.36. The molecule has 0 unspecified atom stereocenters. The smallest absolute Gasteiger partial charge is 0.432 e. The van der Waals surface area contributed by atoms with E-state index >= 15 is 0 Å². The summed E-state index contributed by atoms with van der Waals surface area (Å²) in [7, 11) is 11.5. The van der Waals surface area contributed by atoms with Gasteiger partial charge in [-0.15, -0.1) is 0 Å². The molecule has 0 heterocycles. The predicted molar refractivity (Wildman–Crippen MR) is 156 cm³/mol. The van der Waals surface area contributed by atoms with E-state index in [4.69, 9.17) is 0 Å². The average molecular weight is 536 g/mol. The number of hydrogen-bond acceptors (Lipinski definition) is 2. The van der Waals surface area contributed by atoms with Crippen LogP contribution >= 0.6 is 0 Å². The molecule has 0 saturated carbocycles. The van der Waals surface area contributed by atoms with Gasteiger partial charge < -0.3 is 30.4 Å². The molecule has 0 atom stereocenters. The fourth-order valence-electron chi connectivity index (χ4n) is 3.67. The molecule has 0 aromatic rings.